The van der Waals surface area contributed by atoms with E-state index in [1.807, 2.05) is 60.2 Å². The third kappa shape index (κ3) is 3.99. The SMILES string of the molecule is Cc1nccn1CC(O)COc1cccc(-c2ccccc2)c1. The molecule has 0 fully saturated rings. The second kappa shape index (κ2) is 7.11. The summed E-state index contributed by atoms with van der Waals surface area (Å²) in [6.07, 6.45) is 3.00. The Balaban J connectivity index is 1.61. The number of nitrogens with zero attached hydrogens (tertiary/aromatic N) is 2. The largest absolute Gasteiger partial charge is 0.491 e. The van der Waals surface area contributed by atoms with Gasteiger partial charge in [0, 0.05) is 12.4 Å². The molecule has 3 rings (SSSR count). The van der Waals surface area contributed by atoms with Gasteiger partial charge in [-0.15, -0.1) is 0 Å². The zero-order chi connectivity index (χ0) is 16.1. The lowest BCUT2D eigenvalue weighted by atomic mass is 10.1. The van der Waals surface area contributed by atoms with Crippen molar-refractivity contribution in [1.29, 1.82) is 0 Å². The lowest BCUT2D eigenvalue weighted by molar-refractivity contribution is 0.0920. The summed E-state index contributed by atoms with van der Waals surface area (Å²) in [6.45, 7) is 2.64. The highest BCUT2D eigenvalue weighted by molar-refractivity contribution is 5.64. The molecule has 0 aliphatic rings. The van der Waals surface area contributed by atoms with Crippen molar-refractivity contribution in [2.75, 3.05) is 6.61 Å². The van der Waals surface area contributed by atoms with Gasteiger partial charge < -0.3 is 14.4 Å². The number of benzene rings is 2. The van der Waals surface area contributed by atoms with E-state index in [1.54, 1.807) is 6.20 Å². The molecule has 23 heavy (non-hydrogen) atoms. The first-order valence-corrected chi connectivity index (χ1v) is 7.66. The summed E-state index contributed by atoms with van der Waals surface area (Å²) in [7, 11) is 0. The molecule has 0 saturated heterocycles. The zero-order valence-electron chi connectivity index (χ0n) is 13.1. The highest BCUT2D eigenvalue weighted by atomic mass is 16.5. The molecule has 1 unspecified atom stereocenters. The first-order chi connectivity index (χ1) is 11.2. The number of aliphatic hydroxyl groups excluding tert-OH is 1. The Hall–Kier alpha value is -2.59. The first-order valence-electron chi connectivity index (χ1n) is 7.66. The monoisotopic (exact) mass is 308 g/mol. The van der Waals surface area contributed by atoms with Crippen LogP contribution in [0.1, 0.15) is 5.82 Å². The molecule has 1 N–H and O–H groups in total. The van der Waals surface area contributed by atoms with Gasteiger partial charge in [0.1, 0.15) is 24.3 Å². The fraction of sp³-hybridized carbons (Fsp3) is 0.211. The van der Waals surface area contributed by atoms with Crippen LogP contribution in [0, 0.1) is 6.92 Å². The maximum absolute atomic E-state index is 10.1. The van der Waals surface area contributed by atoms with E-state index in [0.29, 0.717) is 6.54 Å². The molecule has 3 aromatic rings. The molecular formula is C19H20N2O2. The van der Waals surface area contributed by atoms with Crippen molar-refractivity contribution >= 4 is 0 Å². The van der Waals surface area contributed by atoms with E-state index >= 15 is 0 Å². The molecular weight excluding hydrogens is 288 g/mol. The van der Waals surface area contributed by atoms with Gasteiger partial charge >= 0.3 is 0 Å². The van der Waals surface area contributed by atoms with E-state index < -0.39 is 6.10 Å². The molecule has 0 aliphatic heterocycles. The van der Waals surface area contributed by atoms with Gasteiger partial charge in [-0.1, -0.05) is 42.5 Å². The van der Waals surface area contributed by atoms with Gasteiger partial charge in [0.05, 0.1) is 6.54 Å². The van der Waals surface area contributed by atoms with Crippen LogP contribution in [0.25, 0.3) is 11.1 Å². The van der Waals surface area contributed by atoms with E-state index in [-0.39, 0.29) is 6.61 Å². The third-order valence-corrected chi connectivity index (χ3v) is 3.71. The average Bonchev–Trinajstić information content (AvgIpc) is 2.99. The smallest absolute Gasteiger partial charge is 0.120 e. The lowest BCUT2D eigenvalue weighted by Gasteiger charge is -2.14. The van der Waals surface area contributed by atoms with Gasteiger partial charge in [-0.25, -0.2) is 4.98 Å². The van der Waals surface area contributed by atoms with Crippen LogP contribution in [0.15, 0.2) is 67.0 Å². The normalized spacial score (nSPS) is 12.1. The number of ether oxygens (including phenoxy) is 1. The van der Waals surface area contributed by atoms with Gasteiger partial charge in [0.25, 0.3) is 0 Å². The van der Waals surface area contributed by atoms with Gasteiger partial charge in [-0.3, -0.25) is 0 Å². The first kappa shape index (κ1) is 15.3. The van der Waals surface area contributed by atoms with Gasteiger partial charge in [0.15, 0.2) is 0 Å². The molecule has 4 heteroatoms. The summed E-state index contributed by atoms with van der Waals surface area (Å²) in [5, 5.41) is 10.1. The van der Waals surface area contributed by atoms with Crippen molar-refractivity contribution in [3.8, 4) is 16.9 Å². The van der Waals surface area contributed by atoms with E-state index in [1.165, 1.54) is 0 Å². The number of aliphatic hydroxyl groups is 1. The molecule has 0 aliphatic carbocycles. The lowest BCUT2D eigenvalue weighted by Crippen LogP contribution is -2.23. The Morgan fingerprint density at radius 3 is 2.61 bits per heavy atom. The number of aromatic nitrogens is 2. The minimum Gasteiger partial charge on any atom is -0.491 e. The van der Waals surface area contributed by atoms with Crippen LogP contribution in [0.2, 0.25) is 0 Å². The van der Waals surface area contributed by atoms with Crippen molar-refractivity contribution < 1.29 is 9.84 Å². The predicted molar refractivity (Wildman–Crippen MR) is 90.3 cm³/mol. The molecule has 1 aromatic heterocycles. The van der Waals surface area contributed by atoms with E-state index in [2.05, 4.69) is 17.1 Å². The number of hydrogen-bond donors (Lipinski definition) is 1. The summed E-state index contributed by atoms with van der Waals surface area (Å²) in [5.74, 6) is 1.64. The fourth-order valence-corrected chi connectivity index (χ4v) is 2.46. The highest BCUT2D eigenvalue weighted by Gasteiger charge is 2.08. The minimum absolute atomic E-state index is 0.246. The number of rotatable bonds is 6. The molecule has 0 saturated carbocycles. The Bertz CT molecular complexity index is 753. The van der Waals surface area contributed by atoms with Gasteiger partial charge in [-0.05, 0) is 30.2 Å². The molecule has 1 heterocycles. The average molecular weight is 308 g/mol. The fourth-order valence-electron chi connectivity index (χ4n) is 2.46. The van der Waals surface area contributed by atoms with Crippen molar-refractivity contribution in [3.63, 3.8) is 0 Å². The van der Waals surface area contributed by atoms with Crippen LogP contribution in [0.5, 0.6) is 5.75 Å². The molecule has 2 aromatic carbocycles. The zero-order valence-corrected chi connectivity index (χ0v) is 13.1. The van der Waals surface area contributed by atoms with Crippen molar-refractivity contribution in [2.24, 2.45) is 0 Å². The molecule has 4 nitrogen and oxygen atoms in total. The predicted octanol–water partition coefficient (Wildman–Crippen LogP) is 3.30. The molecule has 0 spiro atoms. The Morgan fingerprint density at radius 1 is 1.09 bits per heavy atom. The maximum atomic E-state index is 10.1. The quantitative estimate of drug-likeness (QED) is 0.760. The number of hydrogen-bond acceptors (Lipinski definition) is 3. The van der Waals surface area contributed by atoms with Crippen LogP contribution >= 0.6 is 0 Å². The second-order valence-corrected chi connectivity index (χ2v) is 5.49. The highest BCUT2D eigenvalue weighted by Crippen LogP contribution is 2.23. The third-order valence-electron chi connectivity index (χ3n) is 3.71. The molecule has 0 bridgehead atoms. The molecule has 1 atom stereocenters. The summed E-state index contributed by atoms with van der Waals surface area (Å²) in [4.78, 5) is 4.14. The standard InChI is InChI=1S/C19H20N2O2/c1-15-20-10-11-21(15)13-18(22)14-23-19-9-5-8-17(12-19)16-6-3-2-4-7-16/h2-12,18,22H,13-14H2,1H3. The molecule has 118 valence electrons. The summed E-state index contributed by atoms with van der Waals surface area (Å²) < 4.78 is 7.65. The van der Waals surface area contributed by atoms with Crippen LogP contribution in [-0.4, -0.2) is 27.4 Å². The van der Waals surface area contributed by atoms with Crippen LogP contribution in [0.3, 0.4) is 0 Å². The minimum atomic E-state index is -0.580. The molecule has 0 amide bonds. The van der Waals surface area contributed by atoms with Crippen LogP contribution in [0.4, 0.5) is 0 Å². The summed E-state index contributed by atoms with van der Waals surface area (Å²) in [5.41, 5.74) is 2.25. The van der Waals surface area contributed by atoms with Crippen molar-refractivity contribution in [3.05, 3.63) is 72.8 Å². The summed E-state index contributed by atoms with van der Waals surface area (Å²) in [6, 6.07) is 18.1. The Labute approximate surface area is 136 Å². The molecule has 0 radical (unpaired) electrons. The van der Waals surface area contributed by atoms with E-state index in [9.17, 15) is 5.11 Å². The maximum Gasteiger partial charge on any atom is 0.120 e. The second-order valence-electron chi connectivity index (χ2n) is 5.49. The van der Waals surface area contributed by atoms with Crippen molar-refractivity contribution in [2.45, 2.75) is 19.6 Å². The van der Waals surface area contributed by atoms with Crippen LogP contribution in [-0.2, 0) is 6.54 Å². The Morgan fingerprint density at radius 2 is 1.87 bits per heavy atom. The van der Waals surface area contributed by atoms with E-state index in [0.717, 1.165) is 22.7 Å². The summed E-state index contributed by atoms with van der Waals surface area (Å²) >= 11 is 0. The number of imidazole rings is 1. The van der Waals surface area contributed by atoms with Gasteiger partial charge in [0.2, 0.25) is 0 Å². The Kier molecular flexibility index (Phi) is 4.74. The van der Waals surface area contributed by atoms with Gasteiger partial charge in [-0.2, -0.15) is 0 Å². The topological polar surface area (TPSA) is 47.3 Å². The number of aryl methyl sites for hydroxylation is 1. The van der Waals surface area contributed by atoms with Crippen LogP contribution < -0.4 is 4.74 Å². The van der Waals surface area contributed by atoms with Crippen molar-refractivity contribution in [1.82, 2.24) is 9.55 Å². The van der Waals surface area contributed by atoms with E-state index in [4.69, 9.17) is 4.74 Å².